The third-order valence-corrected chi connectivity index (χ3v) is 6.88. The number of hydrogen-bond donors (Lipinski definition) is 0. The van der Waals surface area contributed by atoms with Gasteiger partial charge >= 0.3 is 0 Å². The Morgan fingerprint density at radius 3 is 2.69 bits per heavy atom. The Balaban J connectivity index is 1.36. The van der Waals surface area contributed by atoms with Gasteiger partial charge in [-0.3, -0.25) is 9.36 Å². The van der Waals surface area contributed by atoms with Crippen molar-refractivity contribution in [3.05, 3.63) is 39.0 Å². The van der Waals surface area contributed by atoms with Gasteiger partial charge in [-0.25, -0.2) is 9.97 Å². The first-order chi connectivity index (χ1) is 12.6. The van der Waals surface area contributed by atoms with Crippen molar-refractivity contribution < 1.29 is 0 Å². The highest BCUT2D eigenvalue weighted by Crippen LogP contribution is 2.33. The van der Waals surface area contributed by atoms with Crippen molar-refractivity contribution in [2.24, 2.45) is 5.92 Å². The van der Waals surface area contributed by atoms with Gasteiger partial charge in [0.1, 0.15) is 0 Å². The highest BCUT2D eigenvalue weighted by atomic mass is 32.1. The summed E-state index contributed by atoms with van der Waals surface area (Å²) in [5.74, 6) is 0.843. The Morgan fingerprint density at radius 1 is 1.23 bits per heavy atom. The van der Waals surface area contributed by atoms with Crippen LogP contribution in [0.25, 0.3) is 0 Å². The van der Waals surface area contributed by atoms with Crippen molar-refractivity contribution in [2.45, 2.75) is 64.8 Å². The number of fused-ring (bicyclic) bond motifs is 1. The van der Waals surface area contributed by atoms with Gasteiger partial charge in [-0.1, -0.05) is 13.8 Å². The molecule has 6 heteroatoms. The zero-order valence-electron chi connectivity index (χ0n) is 15.8. The third kappa shape index (κ3) is 3.70. The average Bonchev–Trinajstić information content (AvgIpc) is 3.08. The fraction of sp³-hybridized carbons (Fsp3) is 0.650. The maximum atomic E-state index is 12.3. The lowest BCUT2D eigenvalue weighted by molar-refractivity contribution is 0.350. The molecule has 0 atom stereocenters. The van der Waals surface area contributed by atoms with Crippen LogP contribution in [0, 0.1) is 5.92 Å². The lowest BCUT2D eigenvalue weighted by Crippen LogP contribution is -2.36. The Kier molecular flexibility index (Phi) is 5.11. The van der Waals surface area contributed by atoms with Gasteiger partial charge in [0.05, 0.1) is 17.7 Å². The number of thiazole rings is 1. The van der Waals surface area contributed by atoms with Crippen molar-refractivity contribution in [3.63, 3.8) is 0 Å². The minimum atomic E-state index is 0.0822. The largest absolute Gasteiger partial charge is 0.348 e. The number of piperidine rings is 1. The molecule has 0 amide bonds. The van der Waals surface area contributed by atoms with E-state index >= 15 is 0 Å². The standard InChI is InChI=1S/C20H28N4OS/c1-14(2)17-11-19(25)24(13-21-17)12-15-7-9-23(10-8-15)20-22-16-5-3-4-6-18(16)26-20/h11,13-15H,3-10,12H2,1-2H3. The van der Waals surface area contributed by atoms with Gasteiger partial charge in [-0.15, -0.1) is 11.3 Å². The maximum absolute atomic E-state index is 12.3. The third-order valence-electron chi connectivity index (χ3n) is 5.67. The van der Waals surface area contributed by atoms with E-state index < -0.39 is 0 Å². The summed E-state index contributed by atoms with van der Waals surface area (Å²) in [6.45, 7) is 7.01. The van der Waals surface area contributed by atoms with E-state index in [4.69, 9.17) is 4.98 Å². The summed E-state index contributed by atoms with van der Waals surface area (Å²) in [5, 5.41) is 1.22. The van der Waals surface area contributed by atoms with Gasteiger partial charge in [0.15, 0.2) is 5.13 Å². The SMILES string of the molecule is CC(C)c1cc(=O)n(CC2CCN(c3nc4c(s3)CCCC4)CC2)cn1. The second kappa shape index (κ2) is 7.51. The van der Waals surface area contributed by atoms with E-state index in [0.29, 0.717) is 11.8 Å². The van der Waals surface area contributed by atoms with E-state index in [1.807, 2.05) is 11.3 Å². The number of rotatable bonds is 4. The second-order valence-corrected chi connectivity index (χ2v) is 9.02. The zero-order chi connectivity index (χ0) is 18.1. The van der Waals surface area contributed by atoms with Crippen molar-refractivity contribution in [1.82, 2.24) is 14.5 Å². The van der Waals surface area contributed by atoms with Gasteiger partial charge in [-0.05, 0) is 50.4 Å². The molecule has 0 radical (unpaired) electrons. The molecular weight excluding hydrogens is 344 g/mol. The van der Waals surface area contributed by atoms with Gasteiger partial charge in [0.2, 0.25) is 0 Å². The molecule has 0 N–H and O–H groups in total. The van der Waals surface area contributed by atoms with Crippen LogP contribution in [0.3, 0.4) is 0 Å². The van der Waals surface area contributed by atoms with Crippen LogP contribution in [0.2, 0.25) is 0 Å². The molecule has 0 saturated carbocycles. The molecule has 0 bridgehead atoms. The minimum Gasteiger partial charge on any atom is -0.348 e. The minimum absolute atomic E-state index is 0.0822. The number of nitrogens with zero attached hydrogens (tertiary/aromatic N) is 4. The van der Waals surface area contributed by atoms with Crippen LogP contribution in [0.4, 0.5) is 5.13 Å². The Bertz CT molecular complexity index is 794. The van der Waals surface area contributed by atoms with Gasteiger partial charge in [-0.2, -0.15) is 0 Å². The molecule has 1 saturated heterocycles. The molecule has 1 aliphatic carbocycles. The molecule has 3 heterocycles. The molecule has 1 aliphatic heterocycles. The molecule has 0 aromatic carbocycles. The highest BCUT2D eigenvalue weighted by molar-refractivity contribution is 7.15. The predicted octanol–water partition coefficient (Wildman–Crippen LogP) is 3.62. The molecule has 5 nitrogen and oxygen atoms in total. The number of anilines is 1. The summed E-state index contributed by atoms with van der Waals surface area (Å²) in [6.07, 6.45) is 8.94. The summed E-state index contributed by atoms with van der Waals surface area (Å²) < 4.78 is 1.79. The average molecular weight is 373 g/mol. The van der Waals surface area contributed by atoms with Crippen LogP contribution in [-0.2, 0) is 19.4 Å². The molecule has 140 valence electrons. The predicted molar refractivity (Wildman–Crippen MR) is 106 cm³/mol. The van der Waals surface area contributed by atoms with Crippen molar-refractivity contribution in [1.29, 1.82) is 0 Å². The lowest BCUT2D eigenvalue weighted by Gasteiger charge is -2.32. The van der Waals surface area contributed by atoms with Crippen molar-refractivity contribution >= 4 is 16.5 Å². The van der Waals surface area contributed by atoms with Crippen LogP contribution >= 0.6 is 11.3 Å². The maximum Gasteiger partial charge on any atom is 0.253 e. The van der Waals surface area contributed by atoms with Crippen LogP contribution < -0.4 is 10.5 Å². The first kappa shape index (κ1) is 17.7. The summed E-state index contributed by atoms with van der Waals surface area (Å²) in [7, 11) is 0. The monoisotopic (exact) mass is 372 g/mol. The molecule has 1 fully saturated rings. The molecule has 2 aromatic heterocycles. The molecule has 2 aromatic rings. The van der Waals surface area contributed by atoms with Crippen molar-refractivity contribution in [3.8, 4) is 0 Å². The van der Waals surface area contributed by atoms with Crippen LogP contribution in [-0.4, -0.2) is 27.6 Å². The fourth-order valence-corrected chi connectivity index (χ4v) is 5.15. The Morgan fingerprint density at radius 2 is 2.00 bits per heavy atom. The van der Waals surface area contributed by atoms with Gasteiger partial charge in [0, 0.05) is 30.6 Å². The van der Waals surface area contributed by atoms with Crippen LogP contribution in [0.1, 0.15) is 61.7 Å². The van der Waals surface area contributed by atoms with Crippen LogP contribution in [0.15, 0.2) is 17.2 Å². The zero-order valence-corrected chi connectivity index (χ0v) is 16.6. The van der Waals surface area contributed by atoms with E-state index in [0.717, 1.165) is 44.6 Å². The van der Waals surface area contributed by atoms with E-state index in [1.165, 1.54) is 35.0 Å². The normalized spacial score (nSPS) is 18.3. The van der Waals surface area contributed by atoms with E-state index in [9.17, 15) is 4.79 Å². The quantitative estimate of drug-likeness (QED) is 0.822. The smallest absolute Gasteiger partial charge is 0.253 e. The Hall–Kier alpha value is -1.69. The van der Waals surface area contributed by atoms with Gasteiger partial charge < -0.3 is 4.90 Å². The lowest BCUT2D eigenvalue weighted by atomic mass is 9.97. The highest BCUT2D eigenvalue weighted by Gasteiger charge is 2.24. The molecule has 4 rings (SSSR count). The van der Waals surface area contributed by atoms with E-state index in [-0.39, 0.29) is 5.56 Å². The summed E-state index contributed by atoms with van der Waals surface area (Å²) in [5.41, 5.74) is 2.31. The first-order valence-corrected chi connectivity index (χ1v) is 10.7. The van der Waals surface area contributed by atoms with Gasteiger partial charge in [0.25, 0.3) is 5.56 Å². The molecule has 0 spiro atoms. The second-order valence-electron chi connectivity index (χ2n) is 7.96. The first-order valence-electron chi connectivity index (χ1n) is 9.90. The van der Waals surface area contributed by atoms with Crippen molar-refractivity contribution in [2.75, 3.05) is 18.0 Å². The molecular formula is C20H28N4OS. The van der Waals surface area contributed by atoms with E-state index in [1.54, 1.807) is 17.0 Å². The van der Waals surface area contributed by atoms with E-state index in [2.05, 4.69) is 23.7 Å². The summed E-state index contributed by atoms with van der Waals surface area (Å²) >= 11 is 1.90. The Labute approximate surface area is 159 Å². The topological polar surface area (TPSA) is 51.0 Å². The summed E-state index contributed by atoms with van der Waals surface area (Å²) in [4.78, 5) is 25.6. The fourth-order valence-electron chi connectivity index (χ4n) is 3.95. The summed E-state index contributed by atoms with van der Waals surface area (Å²) in [6, 6.07) is 1.69. The number of hydrogen-bond acceptors (Lipinski definition) is 5. The molecule has 0 unspecified atom stereocenters. The molecule has 26 heavy (non-hydrogen) atoms. The number of aromatic nitrogens is 3. The number of aryl methyl sites for hydroxylation is 2. The molecule has 2 aliphatic rings. The van der Waals surface area contributed by atoms with Crippen LogP contribution in [0.5, 0.6) is 0 Å².